The molecule has 6 heteroatoms. The predicted molar refractivity (Wildman–Crippen MR) is 97.2 cm³/mol. The number of carboxylic acids is 1. The van der Waals surface area contributed by atoms with Gasteiger partial charge in [0.25, 0.3) is 5.91 Å². The maximum absolute atomic E-state index is 12.7. The summed E-state index contributed by atoms with van der Waals surface area (Å²) in [5, 5.41) is 11.5. The Labute approximate surface area is 149 Å². The summed E-state index contributed by atoms with van der Waals surface area (Å²) in [6.07, 6.45) is -0.186. The summed E-state index contributed by atoms with van der Waals surface area (Å²) in [5.41, 5.74) is 1.39. The largest absolute Gasteiger partial charge is 0.481 e. The number of amides is 1. The van der Waals surface area contributed by atoms with E-state index >= 15 is 0 Å². The second-order valence-electron chi connectivity index (χ2n) is 5.83. The Morgan fingerprint density at radius 2 is 1.81 bits per heavy atom. The van der Waals surface area contributed by atoms with Gasteiger partial charge in [-0.3, -0.25) is 14.4 Å². The highest BCUT2D eigenvalue weighted by Gasteiger charge is 2.18. The van der Waals surface area contributed by atoms with Crippen LogP contribution < -0.4 is 10.7 Å². The molecule has 2 aromatic carbocycles. The van der Waals surface area contributed by atoms with E-state index in [1.54, 1.807) is 25.1 Å². The van der Waals surface area contributed by atoms with Crippen LogP contribution in [0.2, 0.25) is 0 Å². The molecular weight excluding hydrogens is 334 g/mol. The van der Waals surface area contributed by atoms with Crippen LogP contribution in [0.15, 0.2) is 57.7 Å². The minimum atomic E-state index is -1.00. The van der Waals surface area contributed by atoms with Gasteiger partial charge < -0.3 is 14.8 Å². The zero-order valence-corrected chi connectivity index (χ0v) is 14.1. The molecule has 1 heterocycles. The molecule has 0 saturated heterocycles. The lowest BCUT2D eigenvalue weighted by molar-refractivity contribution is -0.136. The average Bonchev–Trinajstić information content (AvgIpc) is 2.64. The maximum atomic E-state index is 12.7. The lowest BCUT2D eigenvalue weighted by atomic mass is 10.0. The fraction of sp³-hybridized carbons (Fsp3) is 0.150. The fourth-order valence-electron chi connectivity index (χ4n) is 2.73. The van der Waals surface area contributed by atoms with Gasteiger partial charge in [0.1, 0.15) is 5.76 Å². The number of carboxylic acid groups (broad SMARTS) is 1. The van der Waals surface area contributed by atoms with E-state index in [0.29, 0.717) is 16.7 Å². The first-order valence-corrected chi connectivity index (χ1v) is 8.11. The lowest BCUT2D eigenvalue weighted by Gasteiger charge is -2.10. The first-order chi connectivity index (χ1) is 12.5. The Hall–Kier alpha value is -3.41. The number of aliphatic carboxylic acids is 1. The van der Waals surface area contributed by atoms with Crippen LogP contribution in [-0.4, -0.2) is 23.5 Å². The van der Waals surface area contributed by atoms with Crippen LogP contribution >= 0.6 is 0 Å². The van der Waals surface area contributed by atoms with Crippen LogP contribution in [0.5, 0.6) is 0 Å². The van der Waals surface area contributed by atoms with Gasteiger partial charge in [-0.05, 0) is 19.1 Å². The van der Waals surface area contributed by atoms with Gasteiger partial charge in [-0.2, -0.15) is 0 Å². The van der Waals surface area contributed by atoms with E-state index in [-0.39, 0.29) is 29.5 Å². The van der Waals surface area contributed by atoms with Crippen molar-refractivity contribution in [1.29, 1.82) is 0 Å². The van der Waals surface area contributed by atoms with Gasteiger partial charge in [-0.15, -0.1) is 0 Å². The molecule has 3 aromatic rings. The lowest BCUT2D eigenvalue weighted by Crippen LogP contribution is -2.26. The zero-order valence-electron chi connectivity index (χ0n) is 14.1. The SMILES string of the molecule is Cc1c(-c2ccccc2)oc2c(C(=O)NCCC(=O)O)cccc2c1=O. The zero-order chi connectivity index (χ0) is 18.7. The summed E-state index contributed by atoms with van der Waals surface area (Å²) in [6, 6.07) is 13.9. The van der Waals surface area contributed by atoms with Gasteiger partial charge >= 0.3 is 5.97 Å². The number of rotatable bonds is 5. The van der Waals surface area contributed by atoms with Gasteiger partial charge in [0.2, 0.25) is 0 Å². The molecule has 0 aliphatic rings. The highest BCUT2D eigenvalue weighted by atomic mass is 16.4. The van der Waals surface area contributed by atoms with Crippen molar-refractivity contribution in [2.24, 2.45) is 0 Å². The number of benzene rings is 2. The van der Waals surface area contributed by atoms with Crippen molar-refractivity contribution in [1.82, 2.24) is 5.32 Å². The van der Waals surface area contributed by atoms with E-state index in [0.717, 1.165) is 5.56 Å². The standard InChI is InChI=1S/C20H17NO5/c1-12-17(24)14-8-5-9-15(20(25)21-11-10-16(22)23)19(14)26-18(12)13-6-3-2-4-7-13/h2-9H,10-11H2,1H3,(H,21,25)(H,22,23). The first kappa shape index (κ1) is 17.4. The number of fused-ring (bicyclic) bond motifs is 1. The van der Waals surface area contributed by atoms with Crippen molar-refractivity contribution in [3.63, 3.8) is 0 Å². The number of carbonyl (C=O) groups is 2. The summed E-state index contributed by atoms with van der Waals surface area (Å²) in [7, 11) is 0. The van der Waals surface area contributed by atoms with Crippen LogP contribution in [0, 0.1) is 6.92 Å². The van der Waals surface area contributed by atoms with Crippen molar-refractivity contribution < 1.29 is 19.1 Å². The maximum Gasteiger partial charge on any atom is 0.305 e. The quantitative estimate of drug-likeness (QED) is 0.737. The Balaban J connectivity index is 2.11. The van der Waals surface area contributed by atoms with Crippen molar-refractivity contribution in [3.8, 4) is 11.3 Å². The predicted octanol–water partition coefficient (Wildman–Crippen LogP) is 2.97. The fourth-order valence-corrected chi connectivity index (χ4v) is 2.73. The normalized spacial score (nSPS) is 10.7. The minimum absolute atomic E-state index is 0.00775. The van der Waals surface area contributed by atoms with Crippen LogP contribution in [0.4, 0.5) is 0 Å². The molecule has 0 bridgehead atoms. The number of hydrogen-bond donors (Lipinski definition) is 2. The van der Waals surface area contributed by atoms with Crippen molar-refractivity contribution in [3.05, 3.63) is 69.9 Å². The van der Waals surface area contributed by atoms with Gasteiger partial charge in [0.15, 0.2) is 11.0 Å². The topological polar surface area (TPSA) is 96.6 Å². The molecule has 0 saturated carbocycles. The summed E-state index contributed by atoms with van der Waals surface area (Å²) in [6.45, 7) is 1.68. The van der Waals surface area contributed by atoms with Crippen LogP contribution in [0.1, 0.15) is 22.3 Å². The molecule has 6 nitrogen and oxygen atoms in total. The van der Waals surface area contributed by atoms with E-state index in [9.17, 15) is 14.4 Å². The minimum Gasteiger partial charge on any atom is -0.481 e. The number of hydrogen-bond acceptors (Lipinski definition) is 4. The molecule has 26 heavy (non-hydrogen) atoms. The molecule has 0 unspecified atom stereocenters. The van der Waals surface area contributed by atoms with Crippen LogP contribution in [0.25, 0.3) is 22.3 Å². The summed E-state index contributed by atoms with van der Waals surface area (Å²) >= 11 is 0. The monoisotopic (exact) mass is 351 g/mol. The van der Waals surface area contributed by atoms with Gasteiger partial charge in [-0.1, -0.05) is 36.4 Å². The third-order valence-corrected chi connectivity index (χ3v) is 4.05. The second-order valence-corrected chi connectivity index (χ2v) is 5.83. The van der Waals surface area contributed by atoms with Gasteiger partial charge in [-0.25, -0.2) is 0 Å². The molecule has 2 N–H and O–H groups in total. The summed E-state index contributed by atoms with van der Waals surface area (Å²) in [5.74, 6) is -1.08. The molecule has 1 aromatic heterocycles. The smallest absolute Gasteiger partial charge is 0.305 e. The van der Waals surface area contributed by atoms with E-state index in [2.05, 4.69) is 5.32 Å². The number of carbonyl (C=O) groups excluding carboxylic acids is 1. The molecule has 0 aliphatic carbocycles. The number of nitrogens with one attached hydrogen (secondary N) is 1. The third-order valence-electron chi connectivity index (χ3n) is 4.05. The number of para-hydroxylation sites is 1. The van der Waals surface area contributed by atoms with Crippen molar-refractivity contribution in [2.45, 2.75) is 13.3 Å². The highest BCUT2D eigenvalue weighted by Crippen LogP contribution is 2.27. The third kappa shape index (κ3) is 3.35. The second kappa shape index (κ2) is 7.23. The molecule has 0 spiro atoms. The first-order valence-electron chi connectivity index (χ1n) is 8.11. The average molecular weight is 351 g/mol. The molecular formula is C20H17NO5. The van der Waals surface area contributed by atoms with Crippen LogP contribution in [0.3, 0.4) is 0 Å². The van der Waals surface area contributed by atoms with E-state index in [1.165, 1.54) is 0 Å². The Kier molecular flexibility index (Phi) is 4.84. The Morgan fingerprint density at radius 3 is 2.50 bits per heavy atom. The molecule has 1 amide bonds. The molecule has 0 fully saturated rings. The summed E-state index contributed by atoms with van der Waals surface area (Å²) < 4.78 is 5.96. The van der Waals surface area contributed by atoms with Gasteiger partial charge in [0.05, 0.1) is 17.4 Å². The molecule has 3 rings (SSSR count). The molecule has 0 atom stereocenters. The molecule has 132 valence electrons. The van der Waals surface area contributed by atoms with E-state index < -0.39 is 11.9 Å². The molecule has 0 aliphatic heterocycles. The summed E-state index contributed by atoms with van der Waals surface area (Å²) in [4.78, 5) is 35.8. The van der Waals surface area contributed by atoms with Crippen LogP contribution in [-0.2, 0) is 4.79 Å². The van der Waals surface area contributed by atoms with E-state index in [4.69, 9.17) is 9.52 Å². The van der Waals surface area contributed by atoms with E-state index in [1.807, 2.05) is 30.3 Å². The van der Waals surface area contributed by atoms with Crippen molar-refractivity contribution >= 4 is 22.8 Å². The van der Waals surface area contributed by atoms with Gasteiger partial charge in [0, 0.05) is 17.7 Å². The highest BCUT2D eigenvalue weighted by molar-refractivity contribution is 6.05. The Bertz CT molecular complexity index is 1040. The van der Waals surface area contributed by atoms with Crippen molar-refractivity contribution in [2.75, 3.05) is 6.54 Å². The Morgan fingerprint density at radius 1 is 1.08 bits per heavy atom. The molecule has 0 radical (unpaired) electrons.